The van der Waals surface area contributed by atoms with Crippen molar-refractivity contribution in [3.8, 4) is 11.1 Å². The SMILES string of the molecule is C=Cc1ccccc1-c1ccccc1N(C)c1ccccc1. The fraction of sp³-hybridized carbons (Fsp3) is 0.0476. The molecule has 0 spiro atoms. The van der Waals surface area contributed by atoms with Crippen LogP contribution in [0.2, 0.25) is 0 Å². The van der Waals surface area contributed by atoms with Gasteiger partial charge in [-0.2, -0.15) is 0 Å². The van der Waals surface area contributed by atoms with E-state index in [4.69, 9.17) is 0 Å². The number of hydrogen-bond donors (Lipinski definition) is 0. The Labute approximate surface area is 132 Å². The van der Waals surface area contributed by atoms with E-state index in [9.17, 15) is 0 Å². The lowest BCUT2D eigenvalue weighted by molar-refractivity contribution is 1.21. The molecule has 0 N–H and O–H groups in total. The zero-order valence-corrected chi connectivity index (χ0v) is 12.7. The average Bonchev–Trinajstić information content (AvgIpc) is 2.62. The van der Waals surface area contributed by atoms with Crippen LogP contribution in [0, 0.1) is 0 Å². The Morgan fingerprint density at radius 3 is 2.05 bits per heavy atom. The molecule has 0 radical (unpaired) electrons. The van der Waals surface area contributed by atoms with Gasteiger partial charge in [0.15, 0.2) is 0 Å². The second-order valence-corrected chi connectivity index (χ2v) is 5.20. The predicted molar refractivity (Wildman–Crippen MR) is 96.5 cm³/mol. The molecule has 0 aromatic heterocycles. The van der Waals surface area contributed by atoms with Gasteiger partial charge in [-0.1, -0.05) is 73.3 Å². The topological polar surface area (TPSA) is 3.24 Å². The third-order valence-electron chi connectivity index (χ3n) is 3.88. The first-order chi connectivity index (χ1) is 10.8. The van der Waals surface area contributed by atoms with E-state index in [-0.39, 0.29) is 0 Å². The fourth-order valence-electron chi connectivity index (χ4n) is 2.70. The minimum atomic E-state index is 1.15. The van der Waals surface area contributed by atoms with E-state index in [2.05, 4.69) is 85.3 Å². The summed E-state index contributed by atoms with van der Waals surface area (Å²) in [5.74, 6) is 0. The van der Waals surface area contributed by atoms with Gasteiger partial charge < -0.3 is 4.90 Å². The van der Waals surface area contributed by atoms with Crippen molar-refractivity contribution in [3.63, 3.8) is 0 Å². The summed E-state index contributed by atoms with van der Waals surface area (Å²) in [6.45, 7) is 3.94. The Morgan fingerprint density at radius 2 is 1.32 bits per heavy atom. The summed E-state index contributed by atoms with van der Waals surface area (Å²) in [6.07, 6.45) is 1.91. The van der Waals surface area contributed by atoms with Crippen LogP contribution in [0.4, 0.5) is 11.4 Å². The maximum Gasteiger partial charge on any atom is 0.0487 e. The van der Waals surface area contributed by atoms with E-state index >= 15 is 0 Å². The van der Waals surface area contributed by atoms with Crippen molar-refractivity contribution in [2.75, 3.05) is 11.9 Å². The highest BCUT2D eigenvalue weighted by atomic mass is 15.1. The third kappa shape index (κ3) is 2.66. The Morgan fingerprint density at radius 1 is 0.727 bits per heavy atom. The molecule has 0 bridgehead atoms. The standard InChI is InChI=1S/C21H19N/c1-3-17-11-7-8-14-19(17)20-15-9-10-16-21(20)22(2)18-12-5-4-6-13-18/h3-16H,1H2,2H3. The number of benzene rings is 3. The Balaban J connectivity index is 2.13. The summed E-state index contributed by atoms with van der Waals surface area (Å²) in [6, 6.07) is 27.2. The van der Waals surface area contributed by atoms with E-state index in [1.54, 1.807) is 0 Å². The molecule has 0 saturated heterocycles. The molecule has 3 rings (SSSR count). The van der Waals surface area contributed by atoms with Crippen LogP contribution in [-0.4, -0.2) is 7.05 Å². The Hall–Kier alpha value is -2.80. The van der Waals surface area contributed by atoms with Crippen LogP contribution in [0.3, 0.4) is 0 Å². The van der Waals surface area contributed by atoms with E-state index < -0.39 is 0 Å². The molecule has 0 heterocycles. The highest BCUT2D eigenvalue weighted by Crippen LogP contribution is 2.35. The largest absolute Gasteiger partial charge is 0.344 e. The monoisotopic (exact) mass is 285 g/mol. The van der Waals surface area contributed by atoms with Gasteiger partial charge in [0.25, 0.3) is 0 Å². The first-order valence-corrected chi connectivity index (χ1v) is 7.41. The van der Waals surface area contributed by atoms with Crippen molar-refractivity contribution < 1.29 is 0 Å². The van der Waals surface area contributed by atoms with Gasteiger partial charge in [0.1, 0.15) is 0 Å². The summed E-state index contributed by atoms with van der Waals surface area (Å²) in [7, 11) is 2.10. The van der Waals surface area contributed by atoms with Crippen molar-refractivity contribution >= 4 is 17.5 Å². The molecule has 0 aliphatic carbocycles. The Bertz CT molecular complexity index is 775. The molecule has 0 atom stereocenters. The first-order valence-electron chi connectivity index (χ1n) is 7.41. The molecular weight excluding hydrogens is 266 g/mol. The molecule has 0 aliphatic heterocycles. The average molecular weight is 285 g/mol. The van der Waals surface area contributed by atoms with Crippen LogP contribution in [0.15, 0.2) is 85.4 Å². The smallest absolute Gasteiger partial charge is 0.0487 e. The van der Waals surface area contributed by atoms with Crippen molar-refractivity contribution in [3.05, 3.63) is 91.0 Å². The zero-order valence-electron chi connectivity index (χ0n) is 12.7. The maximum atomic E-state index is 3.94. The van der Waals surface area contributed by atoms with Gasteiger partial charge in [0.05, 0.1) is 0 Å². The number of nitrogens with zero attached hydrogens (tertiary/aromatic N) is 1. The second kappa shape index (κ2) is 6.31. The molecular formula is C21H19N. The number of anilines is 2. The molecule has 1 heteroatoms. The molecule has 1 nitrogen and oxygen atoms in total. The van der Waals surface area contributed by atoms with Crippen LogP contribution in [0.1, 0.15) is 5.56 Å². The van der Waals surface area contributed by atoms with Crippen LogP contribution in [-0.2, 0) is 0 Å². The molecule has 0 aliphatic rings. The summed E-state index contributed by atoms with van der Waals surface area (Å²) < 4.78 is 0. The Kier molecular flexibility index (Phi) is 4.06. The lowest BCUT2D eigenvalue weighted by Gasteiger charge is -2.23. The fourth-order valence-corrected chi connectivity index (χ4v) is 2.70. The normalized spacial score (nSPS) is 10.2. The molecule has 108 valence electrons. The molecule has 3 aromatic rings. The number of para-hydroxylation sites is 2. The minimum Gasteiger partial charge on any atom is -0.344 e. The van der Waals surface area contributed by atoms with Crippen LogP contribution in [0.5, 0.6) is 0 Å². The number of rotatable bonds is 4. The third-order valence-corrected chi connectivity index (χ3v) is 3.88. The van der Waals surface area contributed by atoms with E-state index in [0.717, 1.165) is 5.56 Å². The second-order valence-electron chi connectivity index (χ2n) is 5.20. The van der Waals surface area contributed by atoms with Gasteiger partial charge in [-0.15, -0.1) is 0 Å². The quantitative estimate of drug-likeness (QED) is 0.588. The molecule has 0 amide bonds. The highest BCUT2D eigenvalue weighted by Gasteiger charge is 2.11. The molecule has 0 unspecified atom stereocenters. The van der Waals surface area contributed by atoms with Gasteiger partial charge in [-0.05, 0) is 29.3 Å². The molecule has 0 saturated carbocycles. The number of hydrogen-bond acceptors (Lipinski definition) is 1. The van der Waals surface area contributed by atoms with Crippen molar-refractivity contribution in [2.24, 2.45) is 0 Å². The lowest BCUT2D eigenvalue weighted by atomic mass is 9.97. The van der Waals surface area contributed by atoms with E-state index in [0.29, 0.717) is 0 Å². The van der Waals surface area contributed by atoms with Crippen molar-refractivity contribution in [1.82, 2.24) is 0 Å². The highest BCUT2D eigenvalue weighted by molar-refractivity contribution is 5.86. The molecule has 22 heavy (non-hydrogen) atoms. The van der Waals surface area contributed by atoms with E-state index in [1.165, 1.54) is 22.5 Å². The molecule has 0 fully saturated rings. The van der Waals surface area contributed by atoms with Crippen LogP contribution < -0.4 is 4.90 Å². The summed E-state index contributed by atoms with van der Waals surface area (Å²) in [4.78, 5) is 2.22. The lowest BCUT2D eigenvalue weighted by Crippen LogP contribution is -2.10. The van der Waals surface area contributed by atoms with Gasteiger partial charge >= 0.3 is 0 Å². The summed E-state index contributed by atoms with van der Waals surface area (Å²) in [5, 5.41) is 0. The summed E-state index contributed by atoms with van der Waals surface area (Å²) >= 11 is 0. The predicted octanol–water partition coefficient (Wildman–Crippen LogP) is 5.76. The minimum absolute atomic E-state index is 1.15. The zero-order chi connectivity index (χ0) is 15.4. The van der Waals surface area contributed by atoms with Gasteiger partial charge in [0, 0.05) is 24.0 Å². The van der Waals surface area contributed by atoms with Crippen molar-refractivity contribution in [1.29, 1.82) is 0 Å². The van der Waals surface area contributed by atoms with E-state index in [1.807, 2.05) is 18.2 Å². The van der Waals surface area contributed by atoms with Gasteiger partial charge in [-0.25, -0.2) is 0 Å². The van der Waals surface area contributed by atoms with Gasteiger partial charge in [-0.3, -0.25) is 0 Å². The summed E-state index contributed by atoms with van der Waals surface area (Å²) in [5.41, 5.74) is 5.92. The first kappa shape index (κ1) is 14.2. The van der Waals surface area contributed by atoms with Crippen molar-refractivity contribution in [2.45, 2.75) is 0 Å². The van der Waals surface area contributed by atoms with Gasteiger partial charge in [0.2, 0.25) is 0 Å². The molecule has 3 aromatic carbocycles. The maximum absolute atomic E-state index is 3.94. The van der Waals surface area contributed by atoms with Crippen LogP contribution in [0.25, 0.3) is 17.2 Å². The van der Waals surface area contributed by atoms with Crippen LogP contribution >= 0.6 is 0 Å².